The third-order valence-corrected chi connectivity index (χ3v) is 12.8. The van der Waals surface area contributed by atoms with Gasteiger partial charge in [0.25, 0.3) is 0 Å². The van der Waals surface area contributed by atoms with E-state index in [0.29, 0.717) is 47.0 Å². The second kappa shape index (κ2) is 13.3. The molecular weight excluding hydrogens is 612 g/mol. The minimum atomic E-state index is -0.621. The van der Waals surface area contributed by atoms with Crippen LogP contribution >= 0.6 is 0 Å². The number of carbonyl (C=O) groups excluding carboxylic acids is 2. The van der Waals surface area contributed by atoms with Crippen molar-refractivity contribution in [2.24, 2.45) is 35.5 Å². The average molecular weight is 673 g/mol. The Morgan fingerprint density at radius 2 is 1.00 bits per heavy atom. The fourth-order valence-corrected chi connectivity index (χ4v) is 10.4. The van der Waals surface area contributed by atoms with Crippen molar-refractivity contribution in [2.75, 3.05) is 0 Å². The molecule has 6 rings (SSSR count). The van der Waals surface area contributed by atoms with Gasteiger partial charge in [-0.1, -0.05) is 94.2 Å². The van der Waals surface area contributed by atoms with Gasteiger partial charge in [0.2, 0.25) is 0 Å². The smallest absolute Gasteiger partial charge is 0.430 e. The van der Waals surface area contributed by atoms with Crippen molar-refractivity contribution in [2.45, 2.75) is 149 Å². The standard InChI is InChI=1S/C43H60O6/c1-25(2)31-15-11-27(5)19-37(31)48-39(44)46-29-13-17-33-35(21-29)43(23-41(33,7)8)24-42(9,10)34-18-14-30(22-36(34)43)47-40(45)49-38-20-28(6)12-16-32(38)26(3)4/h13-14,17-18,21-22,25-28,31-32,37-38H,11-12,15-16,19-20,23-24H2,1-10H3/t27-,28-,31+,32+,37-,38-,43?/m1/s1. The van der Waals surface area contributed by atoms with Gasteiger partial charge in [-0.2, -0.15) is 0 Å². The maximum absolute atomic E-state index is 13.3. The van der Waals surface area contributed by atoms with Gasteiger partial charge < -0.3 is 18.9 Å². The van der Waals surface area contributed by atoms with Gasteiger partial charge in [0, 0.05) is 5.41 Å². The van der Waals surface area contributed by atoms with Gasteiger partial charge in [0.15, 0.2) is 0 Å². The molecule has 6 nitrogen and oxygen atoms in total. The number of fused-ring (bicyclic) bond motifs is 4. The van der Waals surface area contributed by atoms with E-state index in [0.717, 1.165) is 38.5 Å². The molecule has 1 spiro atoms. The topological polar surface area (TPSA) is 71.1 Å². The highest BCUT2D eigenvalue weighted by molar-refractivity contribution is 5.68. The fourth-order valence-electron chi connectivity index (χ4n) is 10.4. The van der Waals surface area contributed by atoms with Gasteiger partial charge in [0.1, 0.15) is 23.7 Å². The number of hydrogen-bond acceptors (Lipinski definition) is 6. The molecular formula is C43H60O6. The van der Waals surface area contributed by atoms with Gasteiger partial charge in [-0.25, -0.2) is 9.59 Å². The molecule has 2 fully saturated rings. The molecule has 0 N–H and O–H groups in total. The first kappa shape index (κ1) is 35.8. The molecule has 4 aliphatic carbocycles. The molecule has 0 heterocycles. The zero-order chi connectivity index (χ0) is 35.5. The highest BCUT2D eigenvalue weighted by Crippen LogP contribution is 2.63. The lowest BCUT2D eigenvalue weighted by Crippen LogP contribution is -2.36. The summed E-state index contributed by atoms with van der Waals surface area (Å²) in [5.74, 6) is 3.67. The summed E-state index contributed by atoms with van der Waals surface area (Å²) in [5, 5.41) is 0. The lowest BCUT2D eigenvalue weighted by Gasteiger charge is -2.36. The monoisotopic (exact) mass is 672 g/mol. The van der Waals surface area contributed by atoms with E-state index < -0.39 is 12.3 Å². The van der Waals surface area contributed by atoms with Gasteiger partial charge in [-0.3, -0.25) is 0 Å². The van der Waals surface area contributed by atoms with Crippen LogP contribution in [0.5, 0.6) is 11.5 Å². The third-order valence-electron chi connectivity index (χ3n) is 12.8. The van der Waals surface area contributed by atoms with Crippen molar-refractivity contribution in [1.82, 2.24) is 0 Å². The summed E-state index contributed by atoms with van der Waals surface area (Å²) in [7, 11) is 0. The average Bonchev–Trinajstić information content (AvgIpc) is 3.35. The highest BCUT2D eigenvalue weighted by atomic mass is 16.7. The second-order valence-corrected chi connectivity index (χ2v) is 18.3. The van der Waals surface area contributed by atoms with E-state index in [2.05, 4.69) is 93.5 Å². The molecule has 0 saturated heterocycles. The molecule has 49 heavy (non-hydrogen) atoms. The predicted octanol–water partition coefficient (Wildman–Crippen LogP) is 11.3. The Hall–Kier alpha value is -3.02. The molecule has 2 aromatic rings. The molecule has 6 atom stereocenters. The van der Waals surface area contributed by atoms with Crippen molar-refractivity contribution in [1.29, 1.82) is 0 Å². The lowest BCUT2D eigenvalue weighted by molar-refractivity contribution is -0.0144. The molecule has 0 bridgehead atoms. The maximum Gasteiger partial charge on any atom is 0.514 e. The second-order valence-electron chi connectivity index (χ2n) is 18.3. The van der Waals surface area contributed by atoms with Crippen LogP contribution in [-0.2, 0) is 25.7 Å². The van der Waals surface area contributed by atoms with Crippen molar-refractivity contribution < 1.29 is 28.5 Å². The molecule has 0 unspecified atom stereocenters. The van der Waals surface area contributed by atoms with Gasteiger partial charge in [-0.15, -0.1) is 0 Å². The quantitative estimate of drug-likeness (QED) is 0.225. The fraction of sp³-hybridized carbons (Fsp3) is 0.674. The van der Waals surface area contributed by atoms with Crippen molar-refractivity contribution >= 4 is 12.3 Å². The Bertz CT molecular complexity index is 1440. The molecule has 0 amide bonds. The molecule has 0 aromatic heterocycles. The van der Waals surface area contributed by atoms with Crippen LogP contribution < -0.4 is 9.47 Å². The van der Waals surface area contributed by atoms with E-state index in [-0.39, 0.29) is 28.5 Å². The minimum Gasteiger partial charge on any atom is -0.430 e. The lowest BCUT2D eigenvalue weighted by atomic mass is 9.72. The van der Waals surface area contributed by atoms with Crippen molar-refractivity contribution in [3.63, 3.8) is 0 Å². The molecule has 2 aromatic carbocycles. The van der Waals surface area contributed by atoms with Crippen LogP contribution in [0.4, 0.5) is 9.59 Å². The van der Waals surface area contributed by atoms with Crippen LogP contribution in [0.3, 0.4) is 0 Å². The van der Waals surface area contributed by atoms with E-state index in [1.54, 1.807) is 0 Å². The van der Waals surface area contributed by atoms with E-state index in [4.69, 9.17) is 18.9 Å². The third kappa shape index (κ3) is 7.00. The first-order valence-corrected chi connectivity index (χ1v) is 19.1. The number of benzene rings is 2. The summed E-state index contributed by atoms with van der Waals surface area (Å²) >= 11 is 0. The Morgan fingerprint density at radius 1 is 0.612 bits per heavy atom. The van der Waals surface area contributed by atoms with Crippen LogP contribution in [-0.4, -0.2) is 24.5 Å². The summed E-state index contributed by atoms with van der Waals surface area (Å²) in [6, 6.07) is 12.2. The zero-order valence-corrected chi connectivity index (χ0v) is 31.7. The predicted molar refractivity (Wildman–Crippen MR) is 193 cm³/mol. The van der Waals surface area contributed by atoms with E-state index in [1.165, 1.54) is 35.1 Å². The van der Waals surface area contributed by atoms with Crippen molar-refractivity contribution in [3.8, 4) is 11.5 Å². The first-order valence-electron chi connectivity index (χ1n) is 19.1. The van der Waals surface area contributed by atoms with E-state index >= 15 is 0 Å². The molecule has 0 radical (unpaired) electrons. The van der Waals surface area contributed by atoms with Gasteiger partial charge in [0.05, 0.1) is 0 Å². The Morgan fingerprint density at radius 3 is 1.37 bits per heavy atom. The largest absolute Gasteiger partial charge is 0.514 e. The Balaban J connectivity index is 1.26. The Labute approximate surface area is 295 Å². The maximum atomic E-state index is 13.3. The zero-order valence-electron chi connectivity index (χ0n) is 31.7. The van der Waals surface area contributed by atoms with E-state index in [1.807, 2.05) is 12.1 Å². The highest BCUT2D eigenvalue weighted by Gasteiger charge is 2.56. The molecule has 268 valence electrons. The van der Waals surface area contributed by atoms with Crippen molar-refractivity contribution in [3.05, 3.63) is 58.7 Å². The van der Waals surface area contributed by atoms with Crippen LogP contribution in [0.15, 0.2) is 36.4 Å². The van der Waals surface area contributed by atoms with Crippen LogP contribution in [0.25, 0.3) is 0 Å². The van der Waals surface area contributed by atoms with Crippen LogP contribution in [0.2, 0.25) is 0 Å². The molecule has 2 saturated carbocycles. The summed E-state index contributed by atoms with van der Waals surface area (Å²) in [5.41, 5.74) is 4.34. The number of hydrogen-bond donors (Lipinski definition) is 0. The molecule has 4 aliphatic rings. The summed E-state index contributed by atoms with van der Waals surface area (Å²) < 4.78 is 23.9. The minimum absolute atomic E-state index is 0.103. The van der Waals surface area contributed by atoms with Crippen LogP contribution in [0.1, 0.15) is 143 Å². The van der Waals surface area contributed by atoms with Gasteiger partial charge >= 0.3 is 12.3 Å². The normalized spacial score (nSPS) is 29.4. The summed E-state index contributed by atoms with van der Waals surface area (Å²) in [4.78, 5) is 26.5. The summed E-state index contributed by atoms with van der Waals surface area (Å²) in [6.45, 7) is 22.5. The number of carbonyl (C=O) groups is 2. The van der Waals surface area contributed by atoms with Crippen LogP contribution in [0, 0.1) is 35.5 Å². The SMILES string of the molecule is CC(C)[C@@H]1CC[C@@H](C)C[C@H]1OC(=O)Oc1ccc2c(c1)C1(CC2(C)C)CC(C)(C)c2ccc(OC(=O)O[C@@H]3C[C@H](C)CC[C@H]3C(C)C)cc21. The van der Waals surface area contributed by atoms with E-state index in [9.17, 15) is 9.59 Å². The number of ether oxygens (including phenoxy) is 4. The molecule has 6 heteroatoms. The van der Waals surface area contributed by atoms with Gasteiger partial charge in [-0.05, 0) is 131 Å². The first-order chi connectivity index (χ1) is 23.0. The number of rotatable bonds is 6. The summed E-state index contributed by atoms with van der Waals surface area (Å²) in [6.07, 6.45) is 6.56. The Kier molecular flexibility index (Phi) is 9.69. The molecule has 0 aliphatic heterocycles.